The topological polar surface area (TPSA) is 74.9 Å². The second kappa shape index (κ2) is 10.3. The lowest BCUT2D eigenvalue weighted by Gasteiger charge is -2.35. The van der Waals surface area contributed by atoms with E-state index in [2.05, 4.69) is 84.4 Å². The molecule has 7 nitrogen and oxygen atoms in total. The zero-order valence-electron chi connectivity index (χ0n) is 19.7. The Hall–Kier alpha value is -2.38. The summed E-state index contributed by atoms with van der Waals surface area (Å²) in [4.78, 5) is 11.1. The number of rotatable bonds is 6. The van der Waals surface area contributed by atoms with Crippen LogP contribution in [0.15, 0.2) is 39.9 Å². The normalized spacial score (nSPS) is 20.6. The lowest BCUT2D eigenvalue weighted by molar-refractivity contribution is -0.0704. The molecule has 1 aromatic carbocycles. The number of nitrogens with one attached hydrogen (secondary N) is 2. The van der Waals surface area contributed by atoms with E-state index in [4.69, 9.17) is 9.15 Å². The average Bonchev–Trinajstić information content (AvgIpc) is 3.18. The first-order valence-electron chi connectivity index (χ1n) is 11.1. The molecule has 1 aliphatic rings. The molecule has 2 heterocycles. The Morgan fingerprint density at radius 3 is 2.26 bits per heavy atom. The van der Waals surface area contributed by atoms with Crippen LogP contribution >= 0.6 is 0 Å². The number of hydrogen-bond donors (Lipinski definition) is 2. The van der Waals surface area contributed by atoms with Crippen molar-refractivity contribution in [2.45, 2.75) is 71.9 Å². The second-order valence-electron chi connectivity index (χ2n) is 9.42. The van der Waals surface area contributed by atoms with Gasteiger partial charge in [-0.25, -0.2) is 4.98 Å². The fraction of sp³-hybridized carbons (Fsp3) is 0.583. The molecule has 1 aromatic heterocycles. The molecule has 3 rings (SSSR count). The van der Waals surface area contributed by atoms with Crippen molar-refractivity contribution in [3.8, 4) is 0 Å². The summed E-state index contributed by atoms with van der Waals surface area (Å²) in [6.07, 6.45) is 2.39. The van der Waals surface area contributed by atoms with Crippen LogP contribution in [0.5, 0.6) is 0 Å². The Balaban J connectivity index is 1.45. The van der Waals surface area contributed by atoms with E-state index in [0.29, 0.717) is 31.2 Å². The average molecular weight is 428 g/mol. The van der Waals surface area contributed by atoms with Crippen LogP contribution in [0.1, 0.15) is 57.4 Å². The lowest BCUT2D eigenvalue weighted by Crippen LogP contribution is -2.44. The molecular formula is C24H37N5O2. The van der Waals surface area contributed by atoms with Crippen molar-refractivity contribution in [3.05, 3.63) is 53.2 Å². The molecule has 0 spiro atoms. The van der Waals surface area contributed by atoms with Gasteiger partial charge in [-0.3, -0.25) is 9.89 Å². The molecule has 31 heavy (non-hydrogen) atoms. The fourth-order valence-corrected chi connectivity index (χ4v) is 3.74. The van der Waals surface area contributed by atoms with Gasteiger partial charge in [-0.05, 0) is 25.0 Å². The van der Waals surface area contributed by atoms with Crippen molar-refractivity contribution < 1.29 is 9.15 Å². The highest BCUT2D eigenvalue weighted by atomic mass is 16.5. The van der Waals surface area contributed by atoms with Crippen LogP contribution in [0.4, 0.5) is 0 Å². The molecule has 1 saturated heterocycles. The highest BCUT2D eigenvalue weighted by molar-refractivity contribution is 5.79. The molecular weight excluding hydrogens is 390 g/mol. The lowest BCUT2D eigenvalue weighted by atomic mass is 9.94. The van der Waals surface area contributed by atoms with Crippen LogP contribution in [-0.2, 0) is 29.8 Å². The number of morpholine rings is 1. The summed E-state index contributed by atoms with van der Waals surface area (Å²) < 4.78 is 11.7. The van der Waals surface area contributed by atoms with Gasteiger partial charge in [0.05, 0.1) is 24.9 Å². The van der Waals surface area contributed by atoms with E-state index >= 15 is 0 Å². The highest BCUT2D eigenvalue weighted by Crippen LogP contribution is 2.22. The molecule has 0 saturated carbocycles. The smallest absolute Gasteiger partial charge is 0.213 e. The third-order valence-corrected chi connectivity index (χ3v) is 5.31. The number of ether oxygens (including phenoxy) is 1. The third kappa shape index (κ3) is 7.08. The number of oxazole rings is 1. The standard InChI is InChI=1S/C24H37N5O2/c1-17-14-29(15-18(2)30-17)16-20-9-7-19(8-10-20)11-27-23(25-6)28-13-22-26-12-21(31-22)24(3,4)5/h7-10,12,17-18H,11,13-16H2,1-6H3,(H2,25,27,28). The summed E-state index contributed by atoms with van der Waals surface area (Å²) >= 11 is 0. The van der Waals surface area contributed by atoms with E-state index < -0.39 is 0 Å². The predicted molar refractivity (Wildman–Crippen MR) is 124 cm³/mol. The summed E-state index contributed by atoms with van der Waals surface area (Å²) in [6.45, 7) is 14.7. The molecule has 0 aliphatic carbocycles. The van der Waals surface area contributed by atoms with E-state index in [1.165, 1.54) is 11.1 Å². The largest absolute Gasteiger partial charge is 0.443 e. The van der Waals surface area contributed by atoms with Gasteiger partial charge in [-0.1, -0.05) is 45.0 Å². The van der Waals surface area contributed by atoms with E-state index in [-0.39, 0.29) is 5.41 Å². The summed E-state index contributed by atoms with van der Waals surface area (Å²) in [5.41, 5.74) is 2.49. The van der Waals surface area contributed by atoms with Gasteiger partial charge < -0.3 is 19.8 Å². The first kappa shape index (κ1) is 23.3. The van der Waals surface area contributed by atoms with E-state index in [1.807, 2.05) is 0 Å². The third-order valence-electron chi connectivity index (χ3n) is 5.31. The number of hydrogen-bond acceptors (Lipinski definition) is 5. The van der Waals surface area contributed by atoms with Gasteiger partial charge in [0.1, 0.15) is 5.76 Å². The molecule has 2 aromatic rings. The Kier molecular flexibility index (Phi) is 7.73. The molecule has 0 bridgehead atoms. The molecule has 2 N–H and O–H groups in total. The number of guanidine groups is 1. The minimum Gasteiger partial charge on any atom is -0.443 e. The molecule has 2 atom stereocenters. The minimum atomic E-state index is -0.0460. The van der Waals surface area contributed by atoms with Crippen molar-refractivity contribution in [3.63, 3.8) is 0 Å². The molecule has 2 unspecified atom stereocenters. The monoisotopic (exact) mass is 427 g/mol. The van der Waals surface area contributed by atoms with Crippen LogP contribution < -0.4 is 10.6 Å². The van der Waals surface area contributed by atoms with Gasteiger partial charge in [-0.2, -0.15) is 0 Å². The van der Waals surface area contributed by atoms with Crippen LogP contribution in [0.3, 0.4) is 0 Å². The zero-order chi connectivity index (χ0) is 22.4. The summed E-state index contributed by atoms with van der Waals surface area (Å²) in [6, 6.07) is 8.76. The molecule has 0 amide bonds. The Morgan fingerprint density at radius 1 is 1.06 bits per heavy atom. The highest BCUT2D eigenvalue weighted by Gasteiger charge is 2.22. The van der Waals surface area contributed by atoms with Crippen molar-refractivity contribution >= 4 is 5.96 Å². The molecule has 1 fully saturated rings. The molecule has 7 heteroatoms. The van der Waals surface area contributed by atoms with Crippen LogP contribution in [0.25, 0.3) is 0 Å². The van der Waals surface area contributed by atoms with Crippen molar-refractivity contribution in [2.24, 2.45) is 4.99 Å². The van der Waals surface area contributed by atoms with Gasteiger partial charge in [0.15, 0.2) is 5.96 Å². The maximum atomic E-state index is 5.83. The summed E-state index contributed by atoms with van der Waals surface area (Å²) in [5, 5.41) is 6.61. The van der Waals surface area contributed by atoms with Gasteiger partial charge >= 0.3 is 0 Å². The van der Waals surface area contributed by atoms with Gasteiger partial charge in [0.2, 0.25) is 5.89 Å². The SMILES string of the molecule is CN=C(NCc1ccc(CN2CC(C)OC(C)C2)cc1)NCc1ncc(C(C)(C)C)o1. The summed E-state index contributed by atoms with van der Waals surface area (Å²) in [7, 11) is 1.76. The van der Waals surface area contributed by atoms with E-state index in [9.17, 15) is 0 Å². The van der Waals surface area contributed by atoms with Gasteiger partial charge in [-0.15, -0.1) is 0 Å². The Bertz CT molecular complexity index is 844. The van der Waals surface area contributed by atoms with Gasteiger partial charge in [0, 0.05) is 38.6 Å². The number of aliphatic imine (C=N–C) groups is 1. The maximum absolute atomic E-state index is 5.83. The maximum Gasteiger partial charge on any atom is 0.213 e. The number of aromatic nitrogens is 1. The molecule has 1 aliphatic heterocycles. The first-order valence-corrected chi connectivity index (χ1v) is 11.1. The predicted octanol–water partition coefficient (Wildman–Crippen LogP) is 3.45. The number of benzene rings is 1. The second-order valence-corrected chi connectivity index (χ2v) is 9.42. The van der Waals surface area contributed by atoms with E-state index in [1.54, 1.807) is 13.2 Å². The Labute approximate surface area is 186 Å². The summed E-state index contributed by atoms with van der Waals surface area (Å²) in [5.74, 6) is 2.26. The van der Waals surface area contributed by atoms with Crippen LogP contribution in [0.2, 0.25) is 0 Å². The van der Waals surface area contributed by atoms with Crippen molar-refractivity contribution in [1.29, 1.82) is 0 Å². The first-order chi connectivity index (χ1) is 14.7. The number of nitrogens with zero attached hydrogens (tertiary/aromatic N) is 3. The quantitative estimate of drug-likeness (QED) is 0.543. The molecule has 170 valence electrons. The van der Waals surface area contributed by atoms with Crippen molar-refractivity contribution in [1.82, 2.24) is 20.5 Å². The Morgan fingerprint density at radius 2 is 1.68 bits per heavy atom. The van der Waals surface area contributed by atoms with Crippen LogP contribution in [0, 0.1) is 0 Å². The van der Waals surface area contributed by atoms with Crippen molar-refractivity contribution in [2.75, 3.05) is 20.1 Å². The zero-order valence-corrected chi connectivity index (χ0v) is 19.7. The van der Waals surface area contributed by atoms with E-state index in [0.717, 1.165) is 31.4 Å². The molecule has 0 radical (unpaired) electrons. The van der Waals surface area contributed by atoms with Crippen LogP contribution in [-0.4, -0.2) is 48.2 Å². The fourth-order valence-electron chi connectivity index (χ4n) is 3.74. The van der Waals surface area contributed by atoms with Gasteiger partial charge in [0.25, 0.3) is 0 Å². The minimum absolute atomic E-state index is 0.0460.